The molecule has 4 saturated carbocycles. The van der Waals surface area contributed by atoms with E-state index in [1.165, 1.54) is 19.3 Å². The van der Waals surface area contributed by atoms with Crippen molar-refractivity contribution in [2.45, 2.75) is 44.7 Å². The maximum absolute atomic E-state index is 14.5. The molecule has 0 saturated heterocycles. The van der Waals surface area contributed by atoms with Gasteiger partial charge in [-0.25, -0.2) is 4.39 Å². The largest absolute Gasteiger partial charge is 0.239 e. The van der Waals surface area contributed by atoms with Crippen molar-refractivity contribution in [1.82, 2.24) is 0 Å². The summed E-state index contributed by atoms with van der Waals surface area (Å²) in [6, 6.07) is 0. The number of rotatable bonds is 0. The zero-order chi connectivity index (χ0) is 9.05. The molecule has 0 aromatic rings. The van der Waals surface area contributed by atoms with Gasteiger partial charge >= 0.3 is 0 Å². The van der Waals surface area contributed by atoms with Crippen LogP contribution in [0.1, 0.15) is 39.0 Å². The Labute approximate surface area is 79.2 Å². The topological polar surface area (TPSA) is 0 Å². The fourth-order valence-corrected chi connectivity index (χ4v) is 4.25. The van der Waals surface area contributed by atoms with Gasteiger partial charge in [-0.2, -0.15) is 0 Å². The lowest BCUT2D eigenvalue weighted by molar-refractivity contribution is -0.0219. The SMILES string of the molecule is C/C=C1\C2C[C@@H]3C[C@H](C2)CC1(F)C3. The Morgan fingerprint density at radius 3 is 2.31 bits per heavy atom. The summed E-state index contributed by atoms with van der Waals surface area (Å²) in [5, 5.41) is 0. The van der Waals surface area contributed by atoms with Crippen molar-refractivity contribution in [2.75, 3.05) is 0 Å². The van der Waals surface area contributed by atoms with Crippen molar-refractivity contribution >= 4 is 0 Å². The standard InChI is InChI=1S/C12H17F/c1-2-11-10-4-8-3-9(5-10)7-12(11,13)6-8/h2,8-10H,3-7H2,1H3/b11-2+/t8-,9+,10?,12?. The van der Waals surface area contributed by atoms with E-state index in [0.29, 0.717) is 17.8 Å². The first-order valence-corrected chi connectivity index (χ1v) is 5.57. The minimum Gasteiger partial charge on any atom is -0.239 e. The van der Waals surface area contributed by atoms with Crippen LogP contribution < -0.4 is 0 Å². The first kappa shape index (κ1) is 8.02. The van der Waals surface area contributed by atoms with Crippen LogP contribution in [0.3, 0.4) is 0 Å². The van der Waals surface area contributed by atoms with E-state index in [4.69, 9.17) is 0 Å². The molecule has 4 atom stereocenters. The molecule has 0 aliphatic heterocycles. The van der Waals surface area contributed by atoms with Crippen molar-refractivity contribution in [3.05, 3.63) is 11.6 Å². The predicted molar refractivity (Wildman–Crippen MR) is 51.2 cm³/mol. The lowest BCUT2D eigenvalue weighted by atomic mass is 9.53. The Kier molecular flexibility index (Phi) is 1.46. The summed E-state index contributed by atoms with van der Waals surface area (Å²) >= 11 is 0. The first-order valence-electron chi connectivity index (χ1n) is 5.57. The second-order valence-corrected chi connectivity index (χ2v) is 5.25. The molecule has 72 valence electrons. The Morgan fingerprint density at radius 2 is 1.85 bits per heavy atom. The summed E-state index contributed by atoms with van der Waals surface area (Å²) in [4.78, 5) is 0. The molecule has 13 heavy (non-hydrogen) atoms. The number of halogens is 1. The highest BCUT2D eigenvalue weighted by atomic mass is 19.1. The molecule has 4 aliphatic rings. The molecule has 0 spiro atoms. The van der Waals surface area contributed by atoms with E-state index in [-0.39, 0.29) is 0 Å². The zero-order valence-corrected chi connectivity index (χ0v) is 8.22. The first-order chi connectivity index (χ1) is 6.21. The van der Waals surface area contributed by atoms with Gasteiger partial charge in [-0.15, -0.1) is 0 Å². The molecule has 1 heteroatoms. The van der Waals surface area contributed by atoms with Gasteiger partial charge in [-0.3, -0.25) is 0 Å². The van der Waals surface area contributed by atoms with Gasteiger partial charge in [-0.05, 0) is 62.4 Å². The van der Waals surface area contributed by atoms with E-state index < -0.39 is 5.67 Å². The maximum atomic E-state index is 14.5. The highest BCUT2D eigenvalue weighted by Crippen LogP contribution is 2.59. The number of hydrogen-bond donors (Lipinski definition) is 0. The number of hydrogen-bond acceptors (Lipinski definition) is 0. The third kappa shape index (κ3) is 0.963. The molecular formula is C12H17F. The molecule has 4 bridgehead atoms. The van der Waals surface area contributed by atoms with E-state index in [1.807, 2.05) is 6.92 Å². The van der Waals surface area contributed by atoms with Crippen molar-refractivity contribution in [3.8, 4) is 0 Å². The Morgan fingerprint density at radius 1 is 1.23 bits per heavy atom. The van der Waals surface area contributed by atoms with Crippen molar-refractivity contribution in [2.24, 2.45) is 17.8 Å². The van der Waals surface area contributed by atoms with Gasteiger partial charge in [-0.1, -0.05) is 6.08 Å². The van der Waals surface area contributed by atoms with Crippen LogP contribution in [0, 0.1) is 17.8 Å². The van der Waals surface area contributed by atoms with Gasteiger partial charge in [0.15, 0.2) is 0 Å². The van der Waals surface area contributed by atoms with Crippen LogP contribution >= 0.6 is 0 Å². The molecule has 0 radical (unpaired) electrons. The summed E-state index contributed by atoms with van der Waals surface area (Å²) in [6.07, 6.45) is 7.60. The quantitative estimate of drug-likeness (QED) is 0.501. The summed E-state index contributed by atoms with van der Waals surface area (Å²) in [7, 11) is 0. The van der Waals surface area contributed by atoms with Crippen molar-refractivity contribution in [1.29, 1.82) is 0 Å². The van der Waals surface area contributed by atoms with E-state index >= 15 is 0 Å². The van der Waals surface area contributed by atoms with Crippen LogP contribution in [0.25, 0.3) is 0 Å². The molecule has 2 unspecified atom stereocenters. The van der Waals surface area contributed by atoms with Crippen LogP contribution in [0.15, 0.2) is 11.6 Å². The minimum absolute atomic E-state index is 0.612. The van der Waals surface area contributed by atoms with Crippen LogP contribution in [-0.2, 0) is 0 Å². The maximum Gasteiger partial charge on any atom is 0.132 e. The van der Waals surface area contributed by atoms with E-state index in [0.717, 1.165) is 18.4 Å². The van der Waals surface area contributed by atoms with Crippen LogP contribution in [0.2, 0.25) is 0 Å². The van der Waals surface area contributed by atoms with Gasteiger partial charge in [0.25, 0.3) is 0 Å². The van der Waals surface area contributed by atoms with Gasteiger partial charge in [0.2, 0.25) is 0 Å². The Bertz CT molecular complexity index is 252. The highest BCUT2D eigenvalue weighted by Gasteiger charge is 2.54. The second kappa shape index (κ2) is 2.37. The third-order valence-electron chi connectivity index (χ3n) is 4.40. The monoisotopic (exact) mass is 180 g/mol. The molecule has 0 aromatic heterocycles. The predicted octanol–water partition coefficient (Wildman–Crippen LogP) is 3.48. The summed E-state index contributed by atoms with van der Waals surface area (Å²) in [5.41, 5.74) is 0.281. The van der Waals surface area contributed by atoms with Crippen LogP contribution in [0.5, 0.6) is 0 Å². The van der Waals surface area contributed by atoms with Crippen molar-refractivity contribution < 1.29 is 4.39 Å². The summed E-state index contributed by atoms with van der Waals surface area (Å²) in [6.45, 7) is 2.01. The minimum atomic E-state index is -0.872. The molecule has 0 nitrogen and oxygen atoms in total. The smallest absolute Gasteiger partial charge is 0.132 e. The van der Waals surface area contributed by atoms with Crippen LogP contribution in [0.4, 0.5) is 4.39 Å². The molecule has 4 rings (SSSR count). The van der Waals surface area contributed by atoms with Gasteiger partial charge < -0.3 is 0 Å². The van der Waals surface area contributed by atoms with E-state index in [1.54, 1.807) is 0 Å². The van der Waals surface area contributed by atoms with Crippen molar-refractivity contribution in [3.63, 3.8) is 0 Å². The average Bonchev–Trinajstić information content (AvgIpc) is 2.00. The fraction of sp³-hybridized carbons (Fsp3) is 0.833. The molecule has 0 aromatic carbocycles. The lowest BCUT2D eigenvalue weighted by Crippen LogP contribution is -2.49. The van der Waals surface area contributed by atoms with E-state index in [9.17, 15) is 4.39 Å². The number of allylic oxidation sites excluding steroid dienone is 2. The molecule has 0 amide bonds. The van der Waals surface area contributed by atoms with Gasteiger partial charge in [0.1, 0.15) is 5.67 Å². The third-order valence-corrected chi connectivity index (χ3v) is 4.40. The Balaban J connectivity index is 2.03. The Hall–Kier alpha value is -0.330. The van der Waals surface area contributed by atoms with Crippen LogP contribution in [-0.4, -0.2) is 5.67 Å². The number of alkyl halides is 1. The second-order valence-electron chi connectivity index (χ2n) is 5.25. The molecule has 4 aliphatic carbocycles. The molecule has 4 fully saturated rings. The van der Waals surface area contributed by atoms with E-state index in [2.05, 4.69) is 6.08 Å². The van der Waals surface area contributed by atoms with Gasteiger partial charge in [0.05, 0.1) is 0 Å². The normalized spacial score (nSPS) is 56.2. The van der Waals surface area contributed by atoms with Gasteiger partial charge in [0, 0.05) is 0 Å². The summed E-state index contributed by atoms with van der Waals surface area (Å²) in [5.74, 6) is 2.04. The zero-order valence-electron chi connectivity index (χ0n) is 8.22. The lowest BCUT2D eigenvalue weighted by Gasteiger charge is -2.54. The highest BCUT2D eigenvalue weighted by molar-refractivity contribution is 5.28. The summed E-state index contributed by atoms with van der Waals surface area (Å²) < 4.78 is 14.5. The molecule has 0 N–H and O–H groups in total. The fourth-order valence-electron chi connectivity index (χ4n) is 4.25. The molecular weight excluding hydrogens is 163 g/mol. The molecule has 0 heterocycles. The average molecular weight is 180 g/mol.